The van der Waals surface area contributed by atoms with Gasteiger partial charge in [0.25, 0.3) is 0 Å². The van der Waals surface area contributed by atoms with Crippen LogP contribution in [0.1, 0.15) is 11.1 Å². The third kappa shape index (κ3) is 2.34. The first kappa shape index (κ1) is 12.2. The number of rotatable bonds is 1. The fourth-order valence-electron chi connectivity index (χ4n) is 2.26. The molecule has 94 valence electrons. The molecular formula is C17H14ClN. The van der Waals surface area contributed by atoms with Crippen molar-refractivity contribution in [2.45, 2.75) is 13.8 Å². The standard InChI is InChI=1S/C17H14ClN/c1-11-3-5-13(6-4-11)17-12(2)9-14-10-15(18)7-8-16(14)19-17/h3-10H,1-2H3. The molecule has 0 fully saturated rings. The fourth-order valence-corrected chi connectivity index (χ4v) is 2.44. The summed E-state index contributed by atoms with van der Waals surface area (Å²) in [5.74, 6) is 0. The second-order valence-electron chi connectivity index (χ2n) is 4.86. The maximum Gasteiger partial charge on any atom is 0.0738 e. The summed E-state index contributed by atoms with van der Waals surface area (Å²) in [5, 5.41) is 1.83. The van der Waals surface area contributed by atoms with Crippen LogP contribution in [0.25, 0.3) is 22.2 Å². The Balaban J connectivity index is 2.21. The quantitative estimate of drug-likeness (QED) is 0.593. The normalized spacial score (nSPS) is 10.9. The van der Waals surface area contributed by atoms with Crippen LogP contribution in [-0.2, 0) is 0 Å². The minimum Gasteiger partial charge on any atom is -0.248 e. The molecule has 0 aliphatic carbocycles. The molecule has 2 heteroatoms. The highest BCUT2D eigenvalue weighted by Crippen LogP contribution is 2.26. The van der Waals surface area contributed by atoms with E-state index in [0.717, 1.165) is 27.2 Å². The number of benzene rings is 2. The van der Waals surface area contributed by atoms with Crippen LogP contribution in [0, 0.1) is 13.8 Å². The second-order valence-corrected chi connectivity index (χ2v) is 5.29. The Morgan fingerprint density at radius 3 is 2.37 bits per heavy atom. The zero-order valence-electron chi connectivity index (χ0n) is 10.9. The van der Waals surface area contributed by atoms with E-state index in [-0.39, 0.29) is 0 Å². The van der Waals surface area contributed by atoms with Crippen LogP contribution < -0.4 is 0 Å². The van der Waals surface area contributed by atoms with Crippen LogP contribution in [-0.4, -0.2) is 4.98 Å². The first-order valence-corrected chi connectivity index (χ1v) is 6.65. The van der Waals surface area contributed by atoms with Crippen molar-refractivity contribution < 1.29 is 0 Å². The second kappa shape index (κ2) is 4.67. The molecule has 1 aromatic heterocycles. The lowest BCUT2D eigenvalue weighted by Crippen LogP contribution is -1.90. The van der Waals surface area contributed by atoms with Crippen LogP contribution in [0.3, 0.4) is 0 Å². The molecule has 0 N–H and O–H groups in total. The van der Waals surface area contributed by atoms with Crippen molar-refractivity contribution in [3.8, 4) is 11.3 Å². The third-order valence-corrected chi connectivity index (χ3v) is 3.53. The Morgan fingerprint density at radius 2 is 1.63 bits per heavy atom. The molecule has 0 aliphatic heterocycles. The monoisotopic (exact) mass is 267 g/mol. The van der Waals surface area contributed by atoms with Gasteiger partial charge >= 0.3 is 0 Å². The summed E-state index contributed by atoms with van der Waals surface area (Å²) < 4.78 is 0. The highest BCUT2D eigenvalue weighted by atomic mass is 35.5. The summed E-state index contributed by atoms with van der Waals surface area (Å²) in [4.78, 5) is 4.76. The number of aryl methyl sites for hydroxylation is 2. The molecule has 0 aliphatic rings. The molecule has 0 saturated carbocycles. The van der Waals surface area contributed by atoms with Crippen molar-refractivity contribution in [2.24, 2.45) is 0 Å². The molecular weight excluding hydrogens is 254 g/mol. The number of nitrogens with zero attached hydrogens (tertiary/aromatic N) is 1. The van der Waals surface area contributed by atoms with Crippen molar-refractivity contribution >= 4 is 22.5 Å². The van der Waals surface area contributed by atoms with Crippen molar-refractivity contribution in [2.75, 3.05) is 0 Å². The number of fused-ring (bicyclic) bond motifs is 1. The summed E-state index contributed by atoms with van der Waals surface area (Å²) in [6, 6.07) is 16.4. The number of hydrogen-bond donors (Lipinski definition) is 0. The van der Waals surface area contributed by atoms with Crippen LogP contribution in [0.5, 0.6) is 0 Å². The van der Waals surface area contributed by atoms with E-state index in [9.17, 15) is 0 Å². The topological polar surface area (TPSA) is 12.9 Å². The van der Waals surface area contributed by atoms with Crippen LogP contribution in [0.4, 0.5) is 0 Å². The van der Waals surface area contributed by atoms with E-state index in [4.69, 9.17) is 16.6 Å². The molecule has 0 spiro atoms. The lowest BCUT2D eigenvalue weighted by atomic mass is 10.0. The molecule has 1 nitrogen and oxygen atoms in total. The van der Waals surface area contributed by atoms with Gasteiger partial charge in [0.2, 0.25) is 0 Å². The molecule has 0 unspecified atom stereocenters. The van der Waals surface area contributed by atoms with Crippen LogP contribution in [0.15, 0.2) is 48.5 Å². The smallest absolute Gasteiger partial charge is 0.0738 e. The number of halogens is 1. The van der Waals surface area contributed by atoms with E-state index < -0.39 is 0 Å². The first-order valence-electron chi connectivity index (χ1n) is 6.27. The summed E-state index contributed by atoms with van der Waals surface area (Å²) in [5.41, 5.74) is 5.59. The molecule has 0 radical (unpaired) electrons. The number of hydrogen-bond acceptors (Lipinski definition) is 1. The molecule has 0 saturated heterocycles. The van der Waals surface area contributed by atoms with E-state index in [1.54, 1.807) is 0 Å². The predicted octanol–water partition coefficient (Wildman–Crippen LogP) is 5.17. The van der Waals surface area contributed by atoms with E-state index in [1.807, 2.05) is 18.2 Å². The van der Waals surface area contributed by atoms with Crippen LogP contribution >= 0.6 is 11.6 Å². The van der Waals surface area contributed by atoms with Gasteiger partial charge in [0.15, 0.2) is 0 Å². The fraction of sp³-hybridized carbons (Fsp3) is 0.118. The summed E-state index contributed by atoms with van der Waals surface area (Å²) in [6.45, 7) is 4.18. The van der Waals surface area contributed by atoms with Crippen molar-refractivity contribution in [1.29, 1.82) is 0 Å². The predicted molar refractivity (Wildman–Crippen MR) is 81.7 cm³/mol. The van der Waals surface area contributed by atoms with Gasteiger partial charge in [0.1, 0.15) is 0 Å². The molecule has 0 bridgehead atoms. The van der Waals surface area contributed by atoms with Crippen molar-refractivity contribution in [3.05, 3.63) is 64.7 Å². The van der Waals surface area contributed by atoms with Gasteiger partial charge in [-0.05, 0) is 43.7 Å². The molecule has 0 atom stereocenters. The zero-order valence-corrected chi connectivity index (χ0v) is 11.7. The molecule has 3 rings (SSSR count). The SMILES string of the molecule is Cc1ccc(-c2nc3ccc(Cl)cc3cc2C)cc1. The van der Waals surface area contributed by atoms with Gasteiger partial charge in [-0.15, -0.1) is 0 Å². The van der Waals surface area contributed by atoms with Gasteiger partial charge in [-0.25, -0.2) is 4.98 Å². The third-order valence-electron chi connectivity index (χ3n) is 3.29. The lowest BCUT2D eigenvalue weighted by Gasteiger charge is -2.08. The van der Waals surface area contributed by atoms with Gasteiger partial charge < -0.3 is 0 Å². The van der Waals surface area contributed by atoms with Gasteiger partial charge in [-0.1, -0.05) is 41.4 Å². The average Bonchev–Trinajstić information content (AvgIpc) is 2.39. The van der Waals surface area contributed by atoms with Gasteiger partial charge in [0.05, 0.1) is 11.2 Å². The van der Waals surface area contributed by atoms with Crippen molar-refractivity contribution in [1.82, 2.24) is 4.98 Å². The zero-order chi connectivity index (χ0) is 13.4. The molecule has 1 heterocycles. The molecule has 19 heavy (non-hydrogen) atoms. The number of aromatic nitrogens is 1. The maximum atomic E-state index is 6.02. The highest BCUT2D eigenvalue weighted by Gasteiger charge is 2.06. The van der Waals surface area contributed by atoms with Gasteiger partial charge in [-0.2, -0.15) is 0 Å². The average molecular weight is 268 g/mol. The molecule has 3 aromatic rings. The largest absolute Gasteiger partial charge is 0.248 e. The van der Waals surface area contributed by atoms with Crippen LogP contribution in [0.2, 0.25) is 5.02 Å². The molecule has 0 amide bonds. The van der Waals surface area contributed by atoms with Gasteiger partial charge in [-0.3, -0.25) is 0 Å². The summed E-state index contributed by atoms with van der Waals surface area (Å²) >= 11 is 6.02. The molecule has 2 aromatic carbocycles. The Kier molecular flexibility index (Phi) is 3.00. The minimum atomic E-state index is 0.747. The summed E-state index contributed by atoms with van der Waals surface area (Å²) in [7, 11) is 0. The van der Waals surface area contributed by atoms with Gasteiger partial charge in [0, 0.05) is 16.0 Å². The van der Waals surface area contributed by atoms with E-state index in [2.05, 4.69) is 44.2 Å². The Labute approximate surface area is 117 Å². The highest BCUT2D eigenvalue weighted by molar-refractivity contribution is 6.31. The maximum absolute atomic E-state index is 6.02. The number of pyridine rings is 1. The van der Waals surface area contributed by atoms with E-state index >= 15 is 0 Å². The van der Waals surface area contributed by atoms with E-state index in [1.165, 1.54) is 11.1 Å². The minimum absolute atomic E-state index is 0.747. The van der Waals surface area contributed by atoms with E-state index in [0.29, 0.717) is 0 Å². The Hall–Kier alpha value is -1.86. The lowest BCUT2D eigenvalue weighted by molar-refractivity contribution is 1.32. The first-order chi connectivity index (χ1) is 9.13. The Bertz CT molecular complexity index is 745. The summed E-state index contributed by atoms with van der Waals surface area (Å²) in [6.07, 6.45) is 0. The van der Waals surface area contributed by atoms with Crippen molar-refractivity contribution in [3.63, 3.8) is 0 Å². The Morgan fingerprint density at radius 1 is 0.895 bits per heavy atom.